The summed E-state index contributed by atoms with van der Waals surface area (Å²) < 4.78 is 0. The van der Waals surface area contributed by atoms with E-state index in [9.17, 15) is 4.79 Å². The Bertz CT molecular complexity index is 702. The molecule has 1 fully saturated rings. The second kappa shape index (κ2) is 5.74. The molecule has 0 aromatic carbocycles. The fourth-order valence-electron chi connectivity index (χ4n) is 3.00. The number of thiophene rings is 1. The van der Waals surface area contributed by atoms with E-state index < -0.39 is 0 Å². The van der Waals surface area contributed by atoms with Gasteiger partial charge >= 0.3 is 0 Å². The molecule has 2 heterocycles. The van der Waals surface area contributed by atoms with E-state index in [1.807, 2.05) is 0 Å². The number of carbonyl (C=O) groups excluding carboxylic acids is 1. The quantitative estimate of drug-likeness (QED) is 0.910. The van der Waals surface area contributed by atoms with Gasteiger partial charge in [0.15, 0.2) is 0 Å². The number of nitrogens with zero attached hydrogens (tertiary/aromatic N) is 2. The third kappa shape index (κ3) is 2.82. The number of aromatic nitrogens is 2. The lowest BCUT2D eigenvalue weighted by molar-refractivity contribution is 0.103. The highest BCUT2D eigenvalue weighted by molar-refractivity contribution is 7.16. The van der Waals surface area contributed by atoms with Crippen molar-refractivity contribution in [2.45, 2.75) is 51.4 Å². The molecule has 1 N–H and O–H groups in total. The van der Waals surface area contributed by atoms with Crippen LogP contribution in [0.1, 0.15) is 63.6 Å². The lowest BCUT2D eigenvalue weighted by Gasteiger charge is -2.19. The van der Waals surface area contributed by atoms with Crippen LogP contribution in [0.5, 0.6) is 0 Å². The van der Waals surface area contributed by atoms with Gasteiger partial charge in [0.25, 0.3) is 5.91 Å². The van der Waals surface area contributed by atoms with Crippen molar-refractivity contribution in [1.82, 2.24) is 10.2 Å². The third-order valence-corrected chi connectivity index (χ3v) is 6.81. The highest BCUT2D eigenvalue weighted by atomic mass is 32.1. The van der Waals surface area contributed by atoms with Gasteiger partial charge in [-0.3, -0.25) is 10.1 Å². The van der Waals surface area contributed by atoms with E-state index in [2.05, 4.69) is 28.5 Å². The van der Waals surface area contributed by atoms with Gasteiger partial charge in [0, 0.05) is 10.8 Å². The number of hydrogen-bond acceptors (Lipinski definition) is 5. The van der Waals surface area contributed by atoms with Crippen molar-refractivity contribution in [3.63, 3.8) is 0 Å². The Labute approximate surface area is 138 Å². The van der Waals surface area contributed by atoms with E-state index in [0.717, 1.165) is 28.6 Å². The van der Waals surface area contributed by atoms with Gasteiger partial charge in [-0.15, -0.1) is 21.5 Å². The van der Waals surface area contributed by atoms with Gasteiger partial charge in [-0.05, 0) is 49.7 Å². The Kier molecular flexibility index (Phi) is 3.74. The molecule has 1 unspecified atom stereocenters. The molecule has 2 aliphatic rings. The minimum Gasteiger partial charge on any atom is -0.296 e. The summed E-state index contributed by atoms with van der Waals surface area (Å²) in [6, 6.07) is 2.08. The summed E-state index contributed by atoms with van der Waals surface area (Å²) >= 11 is 3.16. The molecule has 2 aromatic heterocycles. The summed E-state index contributed by atoms with van der Waals surface area (Å²) in [5.74, 6) is 1.33. The average molecular weight is 333 g/mol. The van der Waals surface area contributed by atoms with Crippen LogP contribution in [-0.4, -0.2) is 16.1 Å². The molecular weight excluding hydrogens is 314 g/mol. The van der Waals surface area contributed by atoms with Crippen LogP contribution in [0.15, 0.2) is 6.07 Å². The molecule has 1 atom stereocenters. The predicted octanol–water partition coefficient (Wildman–Crippen LogP) is 4.24. The summed E-state index contributed by atoms with van der Waals surface area (Å²) in [6.07, 6.45) is 7.14. The van der Waals surface area contributed by atoms with Crippen LogP contribution < -0.4 is 5.32 Å². The third-order valence-electron chi connectivity index (χ3n) is 4.57. The first kappa shape index (κ1) is 14.3. The minimum atomic E-state index is -0.0362. The molecule has 2 aliphatic carbocycles. The van der Waals surface area contributed by atoms with Crippen molar-refractivity contribution >= 4 is 33.7 Å². The van der Waals surface area contributed by atoms with Crippen molar-refractivity contribution in [3.8, 4) is 0 Å². The summed E-state index contributed by atoms with van der Waals surface area (Å²) in [5.41, 5.74) is 1.38. The van der Waals surface area contributed by atoms with Crippen molar-refractivity contribution in [2.24, 2.45) is 5.92 Å². The van der Waals surface area contributed by atoms with Gasteiger partial charge in [0.2, 0.25) is 5.13 Å². The predicted molar refractivity (Wildman–Crippen MR) is 90.0 cm³/mol. The molecule has 0 radical (unpaired) electrons. The molecule has 6 heteroatoms. The molecule has 1 amide bonds. The Morgan fingerprint density at radius 3 is 2.95 bits per heavy atom. The Hall–Kier alpha value is -1.27. The highest BCUT2D eigenvalue weighted by Crippen LogP contribution is 2.42. The van der Waals surface area contributed by atoms with E-state index in [0.29, 0.717) is 11.0 Å². The first-order valence-corrected chi connectivity index (χ1v) is 9.62. The van der Waals surface area contributed by atoms with E-state index in [4.69, 9.17) is 0 Å². The molecule has 0 bridgehead atoms. The number of nitrogens with one attached hydrogen (secondary N) is 1. The molecule has 1 saturated carbocycles. The number of fused-ring (bicyclic) bond motifs is 1. The maximum absolute atomic E-state index is 12.4. The zero-order chi connectivity index (χ0) is 15.1. The summed E-state index contributed by atoms with van der Waals surface area (Å²) in [7, 11) is 0. The van der Waals surface area contributed by atoms with Gasteiger partial charge < -0.3 is 0 Å². The second-order valence-electron chi connectivity index (χ2n) is 6.25. The van der Waals surface area contributed by atoms with Crippen molar-refractivity contribution < 1.29 is 4.79 Å². The van der Waals surface area contributed by atoms with Crippen LogP contribution in [0.25, 0.3) is 0 Å². The summed E-state index contributed by atoms with van der Waals surface area (Å²) in [4.78, 5) is 14.6. The number of carbonyl (C=O) groups is 1. The summed E-state index contributed by atoms with van der Waals surface area (Å²) in [6.45, 7) is 2.25. The number of aryl methyl sites for hydroxylation is 1. The van der Waals surface area contributed by atoms with Crippen molar-refractivity contribution in [2.75, 3.05) is 5.32 Å². The maximum Gasteiger partial charge on any atom is 0.267 e. The Balaban J connectivity index is 1.47. The lowest BCUT2D eigenvalue weighted by Crippen LogP contribution is -2.11. The topological polar surface area (TPSA) is 54.9 Å². The standard InChI is InChI=1S/C16H19N3OS2/c1-2-9-3-6-12-11(7-9)8-13(21-12)14(20)17-16-19-18-15(22-16)10-4-5-10/h8-10H,2-7H2,1H3,(H,17,19,20). The van der Waals surface area contributed by atoms with Crippen LogP contribution in [0.3, 0.4) is 0 Å². The average Bonchev–Trinajstić information content (AvgIpc) is 3.12. The van der Waals surface area contributed by atoms with Crippen LogP contribution in [-0.2, 0) is 12.8 Å². The lowest BCUT2D eigenvalue weighted by atomic mass is 9.87. The normalized spacial score (nSPS) is 20.7. The van der Waals surface area contributed by atoms with Crippen LogP contribution in [0.4, 0.5) is 5.13 Å². The van der Waals surface area contributed by atoms with Gasteiger partial charge in [-0.2, -0.15) is 0 Å². The fourth-order valence-corrected chi connectivity index (χ4v) is 5.01. The zero-order valence-corrected chi connectivity index (χ0v) is 14.2. The maximum atomic E-state index is 12.4. The van der Waals surface area contributed by atoms with Crippen LogP contribution in [0, 0.1) is 5.92 Å². The molecule has 0 spiro atoms. The first-order chi connectivity index (χ1) is 10.7. The number of amides is 1. The molecule has 116 valence electrons. The summed E-state index contributed by atoms with van der Waals surface area (Å²) in [5, 5.41) is 12.9. The van der Waals surface area contributed by atoms with E-state index >= 15 is 0 Å². The highest BCUT2D eigenvalue weighted by Gasteiger charge is 2.28. The Morgan fingerprint density at radius 2 is 2.18 bits per heavy atom. The molecule has 0 saturated heterocycles. The number of anilines is 1. The number of rotatable bonds is 4. The van der Waals surface area contributed by atoms with E-state index in [-0.39, 0.29) is 5.91 Å². The fraction of sp³-hybridized carbons (Fsp3) is 0.562. The van der Waals surface area contributed by atoms with Crippen LogP contribution in [0.2, 0.25) is 0 Å². The van der Waals surface area contributed by atoms with Gasteiger partial charge in [-0.1, -0.05) is 24.7 Å². The largest absolute Gasteiger partial charge is 0.296 e. The van der Waals surface area contributed by atoms with Gasteiger partial charge in [-0.25, -0.2) is 0 Å². The number of hydrogen-bond donors (Lipinski definition) is 1. The molecule has 4 nitrogen and oxygen atoms in total. The second-order valence-corrected chi connectivity index (χ2v) is 8.40. The minimum absolute atomic E-state index is 0.0362. The zero-order valence-electron chi connectivity index (χ0n) is 12.6. The van der Waals surface area contributed by atoms with E-state index in [1.165, 1.54) is 47.5 Å². The molecule has 4 rings (SSSR count). The molecule has 2 aromatic rings. The SMILES string of the molecule is CCC1CCc2sc(C(=O)Nc3nnc(C4CC4)s3)cc2C1. The van der Waals surface area contributed by atoms with Gasteiger partial charge in [0.05, 0.1) is 4.88 Å². The monoisotopic (exact) mass is 333 g/mol. The van der Waals surface area contributed by atoms with Crippen LogP contribution >= 0.6 is 22.7 Å². The smallest absolute Gasteiger partial charge is 0.267 e. The van der Waals surface area contributed by atoms with Crippen molar-refractivity contribution in [1.29, 1.82) is 0 Å². The van der Waals surface area contributed by atoms with Gasteiger partial charge in [0.1, 0.15) is 5.01 Å². The van der Waals surface area contributed by atoms with Crippen molar-refractivity contribution in [3.05, 3.63) is 26.4 Å². The molecule has 22 heavy (non-hydrogen) atoms. The first-order valence-electron chi connectivity index (χ1n) is 7.99. The van der Waals surface area contributed by atoms with E-state index in [1.54, 1.807) is 11.3 Å². The molecular formula is C16H19N3OS2. The Morgan fingerprint density at radius 1 is 1.32 bits per heavy atom. The molecule has 0 aliphatic heterocycles.